The van der Waals surface area contributed by atoms with Crippen molar-refractivity contribution in [3.63, 3.8) is 0 Å². The summed E-state index contributed by atoms with van der Waals surface area (Å²) in [6.07, 6.45) is 1.93. The number of benzene rings is 1. The van der Waals surface area contributed by atoms with E-state index in [2.05, 4.69) is 5.32 Å². The number of rotatable bonds is 4. The SMILES string of the molecule is COC1CC(CO)(Nc2ccc(Cl)cc2)C1. The van der Waals surface area contributed by atoms with Crippen LogP contribution in [0.1, 0.15) is 12.8 Å². The molecule has 0 bridgehead atoms. The summed E-state index contributed by atoms with van der Waals surface area (Å²) < 4.78 is 5.23. The highest BCUT2D eigenvalue weighted by atomic mass is 35.5. The minimum absolute atomic E-state index is 0.121. The van der Waals surface area contributed by atoms with Crippen LogP contribution in [0.4, 0.5) is 5.69 Å². The summed E-state index contributed by atoms with van der Waals surface area (Å²) >= 11 is 5.81. The molecule has 0 unspecified atom stereocenters. The zero-order valence-electron chi connectivity index (χ0n) is 9.24. The van der Waals surface area contributed by atoms with Gasteiger partial charge >= 0.3 is 0 Å². The van der Waals surface area contributed by atoms with Crippen LogP contribution in [0.25, 0.3) is 0 Å². The van der Waals surface area contributed by atoms with Gasteiger partial charge in [0.2, 0.25) is 0 Å². The van der Waals surface area contributed by atoms with Crippen molar-refractivity contribution < 1.29 is 9.84 Å². The lowest BCUT2D eigenvalue weighted by Crippen LogP contribution is -2.56. The van der Waals surface area contributed by atoms with Crippen LogP contribution in [0.5, 0.6) is 0 Å². The summed E-state index contributed by atoms with van der Waals surface area (Å²) in [4.78, 5) is 0. The molecule has 16 heavy (non-hydrogen) atoms. The first-order valence-electron chi connectivity index (χ1n) is 5.35. The summed E-state index contributed by atoms with van der Waals surface area (Å²) in [6.45, 7) is 0.121. The molecule has 1 fully saturated rings. The second-order valence-electron chi connectivity index (χ2n) is 4.34. The van der Waals surface area contributed by atoms with Gasteiger partial charge in [-0.15, -0.1) is 0 Å². The van der Waals surface area contributed by atoms with E-state index in [9.17, 15) is 5.11 Å². The van der Waals surface area contributed by atoms with Crippen LogP contribution in [-0.2, 0) is 4.74 Å². The Morgan fingerprint density at radius 2 is 2.06 bits per heavy atom. The van der Waals surface area contributed by atoms with Crippen molar-refractivity contribution in [2.75, 3.05) is 19.0 Å². The van der Waals surface area contributed by atoms with E-state index in [0.717, 1.165) is 18.5 Å². The fourth-order valence-corrected chi connectivity index (χ4v) is 2.21. The Labute approximate surface area is 100 Å². The number of ether oxygens (including phenoxy) is 1. The number of hydrogen-bond donors (Lipinski definition) is 2. The predicted molar refractivity (Wildman–Crippen MR) is 64.9 cm³/mol. The van der Waals surface area contributed by atoms with Gasteiger partial charge in [-0.25, -0.2) is 0 Å². The third-order valence-corrected chi connectivity index (χ3v) is 3.38. The van der Waals surface area contributed by atoms with E-state index >= 15 is 0 Å². The fraction of sp³-hybridized carbons (Fsp3) is 0.500. The quantitative estimate of drug-likeness (QED) is 0.850. The second kappa shape index (κ2) is 4.62. The van der Waals surface area contributed by atoms with Gasteiger partial charge in [-0.05, 0) is 37.1 Å². The molecule has 1 aromatic carbocycles. The van der Waals surface area contributed by atoms with Gasteiger partial charge in [-0.2, -0.15) is 0 Å². The Morgan fingerprint density at radius 3 is 2.56 bits per heavy atom. The van der Waals surface area contributed by atoms with Crippen LogP contribution < -0.4 is 5.32 Å². The normalized spacial score (nSPS) is 28.6. The highest BCUT2D eigenvalue weighted by Gasteiger charge is 2.44. The molecular weight excluding hydrogens is 226 g/mol. The number of halogens is 1. The van der Waals surface area contributed by atoms with Crippen LogP contribution >= 0.6 is 11.6 Å². The Hall–Kier alpha value is -0.770. The average Bonchev–Trinajstić information content (AvgIpc) is 2.26. The van der Waals surface area contributed by atoms with E-state index in [1.807, 2.05) is 24.3 Å². The molecule has 0 saturated heterocycles. The molecular formula is C12H16ClNO2. The van der Waals surface area contributed by atoms with Gasteiger partial charge in [0.25, 0.3) is 0 Å². The van der Waals surface area contributed by atoms with Crippen LogP contribution in [0.15, 0.2) is 24.3 Å². The molecule has 0 heterocycles. The molecule has 0 atom stereocenters. The summed E-state index contributed by atoms with van der Waals surface area (Å²) in [5.41, 5.74) is 0.752. The van der Waals surface area contributed by atoms with E-state index in [-0.39, 0.29) is 18.2 Å². The lowest BCUT2D eigenvalue weighted by atomic mass is 9.74. The van der Waals surface area contributed by atoms with E-state index in [1.54, 1.807) is 7.11 Å². The largest absolute Gasteiger partial charge is 0.394 e. The van der Waals surface area contributed by atoms with Gasteiger partial charge < -0.3 is 15.2 Å². The molecule has 0 amide bonds. The molecule has 0 spiro atoms. The third kappa shape index (κ3) is 2.32. The first-order valence-corrected chi connectivity index (χ1v) is 5.73. The summed E-state index contributed by atoms with van der Waals surface area (Å²) in [5.74, 6) is 0. The van der Waals surface area contributed by atoms with Crippen LogP contribution in [0, 0.1) is 0 Å². The first kappa shape index (κ1) is 11.7. The monoisotopic (exact) mass is 241 g/mol. The number of aliphatic hydroxyl groups excluding tert-OH is 1. The van der Waals surface area contributed by atoms with E-state index in [4.69, 9.17) is 16.3 Å². The van der Waals surface area contributed by atoms with Gasteiger partial charge in [0.05, 0.1) is 18.2 Å². The minimum atomic E-state index is -0.228. The van der Waals surface area contributed by atoms with Crippen molar-refractivity contribution in [1.82, 2.24) is 0 Å². The highest BCUT2D eigenvalue weighted by Crippen LogP contribution is 2.37. The maximum Gasteiger partial charge on any atom is 0.0663 e. The average molecular weight is 242 g/mol. The lowest BCUT2D eigenvalue weighted by Gasteiger charge is -2.46. The molecule has 2 rings (SSSR count). The molecule has 2 N–H and O–H groups in total. The maximum absolute atomic E-state index is 9.42. The van der Waals surface area contributed by atoms with Crippen molar-refractivity contribution >= 4 is 17.3 Å². The molecule has 88 valence electrons. The standard InChI is InChI=1S/C12H16ClNO2/c1-16-11-6-12(7-11,8-15)14-10-4-2-9(13)3-5-10/h2-5,11,14-15H,6-8H2,1H3. The molecule has 4 heteroatoms. The molecule has 3 nitrogen and oxygen atoms in total. The molecule has 0 aliphatic heterocycles. The van der Waals surface area contributed by atoms with E-state index < -0.39 is 0 Å². The fourth-order valence-electron chi connectivity index (χ4n) is 2.09. The number of anilines is 1. The van der Waals surface area contributed by atoms with Crippen molar-refractivity contribution in [3.8, 4) is 0 Å². The van der Waals surface area contributed by atoms with Crippen molar-refractivity contribution in [3.05, 3.63) is 29.3 Å². The maximum atomic E-state index is 9.42. The van der Waals surface area contributed by atoms with Gasteiger partial charge in [0.15, 0.2) is 0 Å². The van der Waals surface area contributed by atoms with E-state index in [1.165, 1.54) is 0 Å². The van der Waals surface area contributed by atoms with Crippen LogP contribution in [0.2, 0.25) is 5.02 Å². The van der Waals surface area contributed by atoms with E-state index in [0.29, 0.717) is 5.02 Å². The highest BCUT2D eigenvalue weighted by molar-refractivity contribution is 6.30. The first-order chi connectivity index (χ1) is 7.67. The number of methoxy groups -OCH3 is 1. The van der Waals surface area contributed by atoms with Crippen LogP contribution in [0.3, 0.4) is 0 Å². The Morgan fingerprint density at radius 1 is 1.44 bits per heavy atom. The lowest BCUT2D eigenvalue weighted by molar-refractivity contribution is -0.0256. The van der Waals surface area contributed by atoms with Crippen LogP contribution in [-0.4, -0.2) is 30.5 Å². The number of aliphatic hydroxyl groups is 1. The number of nitrogens with one attached hydrogen (secondary N) is 1. The molecule has 1 aromatic rings. The summed E-state index contributed by atoms with van der Waals surface area (Å²) in [5, 5.41) is 13.5. The molecule has 1 aliphatic rings. The smallest absolute Gasteiger partial charge is 0.0663 e. The zero-order valence-corrected chi connectivity index (χ0v) is 10.00. The Kier molecular flexibility index (Phi) is 3.38. The van der Waals surface area contributed by atoms with Gasteiger partial charge in [0, 0.05) is 17.8 Å². The summed E-state index contributed by atoms with van der Waals surface area (Å²) in [7, 11) is 1.70. The Balaban J connectivity index is 2.00. The molecule has 1 aliphatic carbocycles. The Bertz CT molecular complexity index is 347. The third-order valence-electron chi connectivity index (χ3n) is 3.13. The predicted octanol–water partition coefficient (Wildman–Crippen LogP) is 2.29. The molecule has 0 aromatic heterocycles. The van der Waals surface area contributed by atoms with Crippen molar-refractivity contribution in [1.29, 1.82) is 0 Å². The number of hydrogen-bond acceptors (Lipinski definition) is 3. The minimum Gasteiger partial charge on any atom is -0.394 e. The van der Waals surface area contributed by atoms with Gasteiger partial charge in [-0.3, -0.25) is 0 Å². The topological polar surface area (TPSA) is 41.5 Å². The zero-order chi connectivity index (χ0) is 11.6. The van der Waals surface area contributed by atoms with Gasteiger partial charge in [0.1, 0.15) is 0 Å². The molecule has 1 saturated carbocycles. The molecule has 0 radical (unpaired) electrons. The van der Waals surface area contributed by atoms with Crippen molar-refractivity contribution in [2.24, 2.45) is 0 Å². The van der Waals surface area contributed by atoms with Crippen molar-refractivity contribution in [2.45, 2.75) is 24.5 Å². The van der Waals surface area contributed by atoms with Gasteiger partial charge in [-0.1, -0.05) is 11.6 Å². The second-order valence-corrected chi connectivity index (χ2v) is 4.77. The summed E-state index contributed by atoms with van der Waals surface area (Å²) in [6, 6.07) is 7.50.